The van der Waals surface area contributed by atoms with Gasteiger partial charge in [-0.15, -0.1) is 0 Å². The summed E-state index contributed by atoms with van der Waals surface area (Å²) in [6.45, 7) is 2.48. The lowest BCUT2D eigenvalue weighted by Crippen LogP contribution is -2.27. The SMILES string of the molecule is CCc1cc(C#CCCO)ccc1NC(=O)CN(C)C. The van der Waals surface area contributed by atoms with Gasteiger partial charge < -0.3 is 15.3 Å². The minimum atomic E-state index is -0.0242. The van der Waals surface area contributed by atoms with Crippen molar-refractivity contribution in [1.82, 2.24) is 4.90 Å². The third-order valence-corrected chi connectivity index (χ3v) is 2.69. The van der Waals surface area contributed by atoms with Crippen molar-refractivity contribution in [2.45, 2.75) is 19.8 Å². The maximum Gasteiger partial charge on any atom is 0.238 e. The molecule has 0 aliphatic carbocycles. The van der Waals surface area contributed by atoms with Gasteiger partial charge in [0.25, 0.3) is 0 Å². The summed E-state index contributed by atoms with van der Waals surface area (Å²) < 4.78 is 0. The molecule has 0 spiro atoms. The zero-order chi connectivity index (χ0) is 15.0. The highest BCUT2D eigenvalue weighted by atomic mass is 16.2. The Kier molecular flexibility index (Phi) is 6.78. The quantitative estimate of drug-likeness (QED) is 0.800. The topological polar surface area (TPSA) is 52.6 Å². The van der Waals surface area contributed by atoms with Gasteiger partial charge in [0.2, 0.25) is 5.91 Å². The number of aliphatic hydroxyl groups is 1. The number of aryl methyl sites for hydroxylation is 1. The molecule has 0 aliphatic rings. The van der Waals surface area contributed by atoms with Crippen LogP contribution in [0, 0.1) is 11.8 Å². The second-order valence-electron chi connectivity index (χ2n) is 4.79. The summed E-state index contributed by atoms with van der Waals surface area (Å²) in [6, 6.07) is 5.75. The average molecular weight is 274 g/mol. The third kappa shape index (κ3) is 5.43. The fourth-order valence-corrected chi connectivity index (χ4v) is 1.78. The summed E-state index contributed by atoms with van der Waals surface area (Å²) in [7, 11) is 3.72. The molecule has 1 aromatic rings. The molecule has 1 aromatic carbocycles. The first-order chi connectivity index (χ1) is 9.56. The molecule has 0 atom stereocenters. The molecule has 4 nitrogen and oxygen atoms in total. The summed E-state index contributed by atoms with van der Waals surface area (Å²) in [5, 5.41) is 11.6. The van der Waals surface area contributed by atoms with Crippen LogP contribution in [0.25, 0.3) is 0 Å². The Bertz CT molecular complexity index is 513. The zero-order valence-corrected chi connectivity index (χ0v) is 12.4. The van der Waals surface area contributed by atoms with Crippen molar-refractivity contribution in [2.24, 2.45) is 0 Å². The highest BCUT2D eigenvalue weighted by Gasteiger charge is 2.07. The number of carbonyl (C=O) groups excluding carboxylic acids is 1. The molecule has 0 fully saturated rings. The van der Waals surface area contributed by atoms with E-state index in [0.717, 1.165) is 23.2 Å². The van der Waals surface area contributed by atoms with E-state index in [2.05, 4.69) is 17.2 Å². The van der Waals surface area contributed by atoms with Gasteiger partial charge in [-0.3, -0.25) is 4.79 Å². The number of hydrogen-bond acceptors (Lipinski definition) is 3. The summed E-state index contributed by atoms with van der Waals surface area (Å²) in [5.41, 5.74) is 2.81. The molecule has 0 heterocycles. The highest BCUT2D eigenvalue weighted by molar-refractivity contribution is 5.93. The minimum absolute atomic E-state index is 0.0242. The minimum Gasteiger partial charge on any atom is -0.395 e. The lowest BCUT2D eigenvalue weighted by atomic mass is 10.1. The van der Waals surface area contributed by atoms with Crippen molar-refractivity contribution in [1.29, 1.82) is 0 Å². The van der Waals surface area contributed by atoms with Gasteiger partial charge in [0.05, 0.1) is 13.2 Å². The van der Waals surface area contributed by atoms with Crippen LogP contribution in [-0.4, -0.2) is 43.2 Å². The van der Waals surface area contributed by atoms with E-state index in [1.165, 1.54) is 0 Å². The molecule has 0 aliphatic heterocycles. The van der Waals surface area contributed by atoms with Crippen molar-refractivity contribution in [2.75, 3.05) is 32.6 Å². The second kappa shape index (κ2) is 8.36. The molecule has 20 heavy (non-hydrogen) atoms. The van der Waals surface area contributed by atoms with Crippen LogP contribution in [0.4, 0.5) is 5.69 Å². The summed E-state index contributed by atoms with van der Waals surface area (Å²) >= 11 is 0. The summed E-state index contributed by atoms with van der Waals surface area (Å²) in [5.74, 6) is 5.87. The Labute approximate surface area is 120 Å². The Hall–Kier alpha value is -1.83. The van der Waals surface area contributed by atoms with E-state index in [0.29, 0.717) is 13.0 Å². The molecule has 0 aromatic heterocycles. The van der Waals surface area contributed by atoms with Crippen LogP contribution >= 0.6 is 0 Å². The lowest BCUT2D eigenvalue weighted by molar-refractivity contribution is -0.116. The Morgan fingerprint density at radius 1 is 1.40 bits per heavy atom. The van der Waals surface area contributed by atoms with Crippen LogP contribution in [0.15, 0.2) is 18.2 Å². The van der Waals surface area contributed by atoms with Gasteiger partial charge in [0.1, 0.15) is 0 Å². The number of nitrogens with zero attached hydrogens (tertiary/aromatic N) is 1. The van der Waals surface area contributed by atoms with Gasteiger partial charge in [-0.05, 0) is 44.3 Å². The number of carbonyl (C=O) groups is 1. The van der Waals surface area contributed by atoms with E-state index in [9.17, 15) is 4.79 Å². The molecule has 2 N–H and O–H groups in total. The summed E-state index contributed by atoms with van der Waals surface area (Å²) in [4.78, 5) is 13.6. The third-order valence-electron chi connectivity index (χ3n) is 2.69. The molecule has 0 radical (unpaired) electrons. The maximum absolute atomic E-state index is 11.8. The smallest absolute Gasteiger partial charge is 0.238 e. The van der Waals surface area contributed by atoms with E-state index in [1.54, 1.807) is 0 Å². The lowest BCUT2D eigenvalue weighted by Gasteiger charge is -2.13. The zero-order valence-electron chi connectivity index (χ0n) is 12.4. The molecule has 1 rings (SSSR count). The van der Waals surface area contributed by atoms with Gasteiger partial charge >= 0.3 is 0 Å². The molecule has 4 heteroatoms. The Morgan fingerprint density at radius 3 is 2.75 bits per heavy atom. The van der Waals surface area contributed by atoms with Gasteiger partial charge in [-0.2, -0.15) is 0 Å². The van der Waals surface area contributed by atoms with Gasteiger partial charge in [-0.25, -0.2) is 0 Å². The molecule has 0 saturated heterocycles. The van der Waals surface area contributed by atoms with E-state index in [4.69, 9.17) is 5.11 Å². The first-order valence-electron chi connectivity index (χ1n) is 6.74. The van der Waals surface area contributed by atoms with E-state index < -0.39 is 0 Å². The van der Waals surface area contributed by atoms with Gasteiger partial charge in [-0.1, -0.05) is 18.8 Å². The van der Waals surface area contributed by atoms with E-state index in [-0.39, 0.29) is 12.5 Å². The second-order valence-corrected chi connectivity index (χ2v) is 4.79. The average Bonchev–Trinajstić information content (AvgIpc) is 2.39. The molecular weight excluding hydrogens is 252 g/mol. The number of rotatable bonds is 5. The Balaban J connectivity index is 2.83. The van der Waals surface area contributed by atoms with Crippen LogP contribution in [0.2, 0.25) is 0 Å². The van der Waals surface area contributed by atoms with Crippen molar-refractivity contribution in [3.63, 3.8) is 0 Å². The number of amides is 1. The van der Waals surface area contributed by atoms with Crippen LogP contribution in [0.5, 0.6) is 0 Å². The molecule has 0 saturated carbocycles. The normalized spacial score (nSPS) is 10.1. The van der Waals surface area contributed by atoms with E-state index in [1.807, 2.05) is 44.1 Å². The number of aliphatic hydroxyl groups excluding tert-OH is 1. The van der Waals surface area contributed by atoms with Crippen LogP contribution in [0.1, 0.15) is 24.5 Å². The number of anilines is 1. The molecule has 0 bridgehead atoms. The predicted octanol–water partition coefficient (Wildman–Crippen LogP) is 1.48. The monoisotopic (exact) mass is 274 g/mol. The van der Waals surface area contributed by atoms with Crippen molar-refractivity contribution < 1.29 is 9.90 Å². The van der Waals surface area contributed by atoms with Gasteiger partial charge in [0.15, 0.2) is 0 Å². The fourth-order valence-electron chi connectivity index (χ4n) is 1.78. The van der Waals surface area contributed by atoms with Crippen molar-refractivity contribution >= 4 is 11.6 Å². The number of hydrogen-bond donors (Lipinski definition) is 2. The van der Waals surface area contributed by atoms with Crippen molar-refractivity contribution in [3.05, 3.63) is 29.3 Å². The number of nitrogens with one attached hydrogen (secondary N) is 1. The largest absolute Gasteiger partial charge is 0.395 e. The summed E-state index contributed by atoms with van der Waals surface area (Å²) in [6.07, 6.45) is 1.30. The molecule has 0 unspecified atom stereocenters. The van der Waals surface area contributed by atoms with Crippen LogP contribution in [0.3, 0.4) is 0 Å². The molecule has 108 valence electrons. The van der Waals surface area contributed by atoms with Crippen molar-refractivity contribution in [3.8, 4) is 11.8 Å². The maximum atomic E-state index is 11.8. The first kappa shape index (κ1) is 16.2. The highest BCUT2D eigenvalue weighted by Crippen LogP contribution is 2.18. The number of likely N-dealkylation sites (N-methyl/N-ethyl adjacent to an activating group) is 1. The molecular formula is C16H22N2O2. The fraction of sp³-hybridized carbons (Fsp3) is 0.438. The first-order valence-corrected chi connectivity index (χ1v) is 6.74. The predicted molar refractivity (Wildman–Crippen MR) is 81.6 cm³/mol. The van der Waals surface area contributed by atoms with E-state index >= 15 is 0 Å². The standard InChI is InChI=1S/C16H22N2O2/c1-4-14-11-13(7-5-6-10-19)8-9-15(14)17-16(20)12-18(2)3/h8-9,11,19H,4,6,10,12H2,1-3H3,(H,17,20). The van der Waals surface area contributed by atoms with Crippen LogP contribution < -0.4 is 5.32 Å². The molecule has 1 amide bonds. The number of benzene rings is 1. The van der Waals surface area contributed by atoms with Crippen LogP contribution in [-0.2, 0) is 11.2 Å². The van der Waals surface area contributed by atoms with Gasteiger partial charge in [0, 0.05) is 17.7 Å². The Morgan fingerprint density at radius 2 is 2.15 bits per heavy atom.